The van der Waals surface area contributed by atoms with Gasteiger partial charge in [-0.2, -0.15) is 0 Å². The molecule has 4 rings (SSSR count). The van der Waals surface area contributed by atoms with Crippen molar-refractivity contribution in [3.63, 3.8) is 0 Å². The molecule has 3 nitrogen and oxygen atoms in total. The second kappa shape index (κ2) is 6.57. The van der Waals surface area contributed by atoms with Gasteiger partial charge in [-0.15, -0.1) is 0 Å². The lowest BCUT2D eigenvalue weighted by Gasteiger charge is -2.11. The van der Waals surface area contributed by atoms with Crippen LogP contribution in [0.15, 0.2) is 65.3 Å². The van der Waals surface area contributed by atoms with E-state index in [-0.39, 0.29) is 11.6 Å². The highest BCUT2D eigenvalue weighted by atomic mass is 79.9. The van der Waals surface area contributed by atoms with E-state index in [1.54, 1.807) is 18.3 Å². The van der Waals surface area contributed by atoms with E-state index in [0.717, 1.165) is 26.9 Å². The Labute approximate surface area is 158 Å². The van der Waals surface area contributed by atoms with Gasteiger partial charge in [0.05, 0.1) is 33.0 Å². The van der Waals surface area contributed by atoms with Gasteiger partial charge in [0.1, 0.15) is 11.6 Å². The smallest absolute Gasteiger partial charge is 0.147 e. The molecule has 1 N–H and O–H groups in total. The molecule has 1 radical (unpaired) electrons. The summed E-state index contributed by atoms with van der Waals surface area (Å²) in [5, 5.41) is 11.4. The van der Waals surface area contributed by atoms with Gasteiger partial charge in [-0.1, -0.05) is 18.2 Å². The zero-order chi connectivity index (χ0) is 18.3. The highest BCUT2D eigenvalue weighted by Crippen LogP contribution is 2.44. The van der Waals surface area contributed by atoms with Gasteiger partial charge < -0.3 is 9.67 Å². The largest absolute Gasteiger partial charge is 0.505 e. The summed E-state index contributed by atoms with van der Waals surface area (Å²) in [4.78, 5) is 4.36. The molecule has 26 heavy (non-hydrogen) atoms. The van der Waals surface area contributed by atoms with Gasteiger partial charge in [0.2, 0.25) is 0 Å². The van der Waals surface area contributed by atoms with Gasteiger partial charge in [0.15, 0.2) is 0 Å². The van der Waals surface area contributed by atoms with Crippen molar-refractivity contribution >= 4 is 26.8 Å². The lowest BCUT2D eigenvalue weighted by molar-refractivity contribution is 0.472. The Morgan fingerprint density at radius 1 is 1.08 bits per heavy atom. The summed E-state index contributed by atoms with van der Waals surface area (Å²) < 4.78 is 16.2. The van der Waals surface area contributed by atoms with E-state index in [4.69, 9.17) is 0 Å². The maximum Gasteiger partial charge on any atom is 0.147 e. The maximum absolute atomic E-state index is 13.4. The van der Waals surface area contributed by atoms with Crippen LogP contribution in [0.25, 0.3) is 27.8 Å². The number of para-hydroxylation sites is 1. The van der Waals surface area contributed by atoms with Crippen LogP contribution in [0, 0.1) is 12.7 Å². The Hall–Kier alpha value is -2.66. The van der Waals surface area contributed by atoms with Gasteiger partial charge in [-0.05, 0) is 71.2 Å². The predicted octanol–water partition coefficient (Wildman–Crippen LogP) is 5.68. The number of nitrogens with zero attached hydrogens (tertiary/aromatic N) is 2. The molecule has 0 saturated carbocycles. The lowest BCUT2D eigenvalue weighted by atomic mass is 10.1. The third-order valence-electron chi connectivity index (χ3n) is 4.37. The van der Waals surface area contributed by atoms with Gasteiger partial charge in [0.25, 0.3) is 0 Å². The molecule has 0 amide bonds. The van der Waals surface area contributed by atoms with Crippen LogP contribution in [0.4, 0.5) is 4.39 Å². The van der Waals surface area contributed by atoms with Crippen molar-refractivity contribution in [1.82, 2.24) is 9.55 Å². The van der Waals surface area contributed by atoms with Crippen molar-refractivity contribution in [3.8, 4) is 22.7 Å². The molecule has 2 heterocycles. The van der Waals surface area contributed by atoms with E-state index < -0.39 is 0 Å². The number of rotatable bonds is 3. The average molecular weight is 410 g/mol. The number of halogens is 2. The molecular weight excluding hydrogens is 395 g/mol. The molecule has 2 aromatic heterocycles. The minimum absolute atomic E-state index is 0.113. The Bertz CT molecular complexity index is 1090. The minimum Gasteiger partial charge on any atom is -0.505 e. The summed E-state index contributed by atoms with van der Waals surface area (Å²) in [7, 11) is 0. The van der Waals surface area contributed by atoms with Crippen LogP contribution >= 0.6 is 15.9 Å². The molecule has 2 aromatic carbocycles. The van der Waals surface area contributed by atoms with E-state index >= 15 is 0 Å². The van der Waals surface area contributed by atoms with Crippen molar-refractivity contribution < 1.29 is 9.50 Å². The third-order valence-corrected chi connectivity index (χ3v) is 5.14. The number of benzene rings is 2. The lowest BCUT2D eigenvalue weighted by Crippen LogP contribution is -1.97. The molecule has 0 spiro atoms. The first-order valence-electron chi connectivity index (χ1n) is 8.13. The normalized spacial score (nSPS) is 11.2. The van der Waals surface area contributed by atoms with Crippen molar-refractivity contribution in [2.45, 2.75) is 6.42 Å². The summed E-state index contributed by atoms with van der Waals surface area (Å²) in [6.07, 6.45) is 2.12. The number of aromatic nitrogens is 2. The molecule has 0 aliphatic heterocycles. The fourth-order valence-electron chi connectivity index (χ4n) is 3.15. The minimum atomic E-state index is -0.295. The topological polar surface area (TPSA) is 38.1 Å². The van der Waals surface area contributed by atoms with E-state index in [1.165, 1.54) is 12.1 Å². The fourth-order valence-corrected chi connectivity index (χ4v) is 3.94. The zero-order valence-corrected chi connectivity index (χ0v) is 15.4. The summed E-state index contributed by atoms with van der Waals surface area (Å²) in [5.74, 6) is -0.182. The predicted molar refractivity (Wildman–Crippen MR) is 105 cm³/mol. The zero-order valence-electron chi connectivity index (χ0n) is 13.8. The molecule has 5 heteroatoms. The molecule has 0 bridgehead atoms. The highest BCUT2D eigenvalue weighted by Gasteiger charge is 2.22. The Morgan fingerprint density at radius 3 is 2.42 bits per heavy atom. The monoisotopic (exact) mass is 409 g/mol. The van der Waals surface area contributed by atoms with Crippen LogP contribution in [0.3, 0.4) is 0 Å². The van der Waals surface area contributed by atoms with Gasteiger partial charge in [-0.25, -0.2) is 4.39 Å². The highest BCUT2D eigenvalue weighted by molar-refractivity contribution is 9.10. The molecule has 4 aromatic rings. The molecule has 0 unspecified atom stereocenters. The first-order chi connectivity index (χ1) is 12.6. The number of pyridine rings is 1. The second-order valence-corrected chi connectivity index (χ2v) is 6.70. The molecule has 0 fully saturated rings. The van der Waals surface area contributed by atoms with E-state index in [2.05, 4.69) is 27.8 Å². The summed E-state index contributed by atoms with van der Waals surface area (Å²) >= 11 is 3.65. The van der Waals surface area contributed by atoms with Crippen LogP contribution < -0.4 is 0 Å². The van der Waals surface area contributed by atoms with Gasteiger partial charge in [0, 0.05) is 5.69 Å². The van der Waals surface area contributed by atoms with Crippen LogP contribution in [0.5, 0.6) is 5.75 Å². The standard InChI is InChI=1S/C21H15BrFN2O/c1-2-16-21(26)18-17(12-24-16)25(15-6-4-3-5-7-15)20(19(18)22)13-8-10-14(23)11-9-13/h3-12,26H,1-2H2. The van der Waals surface area contributed by atoms with Gasteiger partial charge in [-0.3, -0.25) is 4.98 Å². The average Bonchev–Trinajstić information content (AvgIpc) is 2.97. The van der Waals surface area contributed by atoms with Crippen LogP contribution in [-0.4, -0.2) is 14.7 Å². The Balaban J connectivity index is 2.14. The van der Waals surface area contributed by atoms with Crippen LogP contribution in [0.1, 0.15) is 5.69 Å². The van der Waals surface area contributed by atoms with Crippen molar-refractivity contribution in [3.05, 3.63) is 83.7 Å². The molecule has 0 aliphatic rings. The molecule has 129 valence electrons. The number of aromatic hydroxyl groups is 1. The first kappa shape index (κ1) is 16.8. The molecule has 0 aliphatic carbocycles. The molecule has 0 atom stereocenters. The SMILES string of the molecule is [CH2]Cc1ncc2c(c1O)c(Br)c(-c1ccc(F)cc1)n2-c1ccccc1. The number of hydrogen-bond donors (Lipinski definition) is 1. The second-order valence-electron chi connectivity index (χ2n) is 5.90. The van der Waals surface area contributed by atoms with Crippen molar-refractivity contribution in [2.75, 3.05) is 0 Å². The van der Waals surface area contributed by atoms with E-state index in [9.17, 15) is 9.50 Å². The molecule has 0 saturated heterocycles. The van der Waals surface area contributed by atoms with E-state index in [0.29, 0.717) is 17.5 Å². The maximum atomic E-state index is 13.4. The number of hydrogen-bond acceptors (Lipinski definition) is 2. The summed E-state index contributed by atoms with van der Waals surface area (Å²) in [6.45, 7) is 3.82. The Kier molecular flexibility index (Phi) is 4.24. The summed E-state index contributed by atoms with van der Waals surface area (Å²) in [6, 6.07) is 16.1. The Morgan fingerprint density at radius 2 is 1.77 bits per heavy atom. The first-order valence-corrected chi connectivity index (χ1v) is 8.92. The number of fused-ring (bicyclic) bond motifs is 1. The van der Waals surface area contributed by atoms with Gasteiger partial charge >= 0.3 is 0 Å². The fraction of sp³-hybridized carbons (Fsp3) is 0.0476. The van der Waals surface area contributed by atoms with Crippen LogP contribution in [0.2, 0.25) is 0 Å². The quantitative estimate of drug-likeness (QED) is 0.472. The third kappa shape index (κ3) is 2.59. The van der Waals surface area contributed by atoms with Crippen molar-refractivity contribution in [1.29, 1.82) is 0 Å². The van der Waals surface area contributed by atoms with E-state index in [1.807, 2.05) is 34.9 Å². The summed E-state index contributed by atoms with van der Waals surface area (Å²) in [5.41, 5.74) is 3.87. The van der Waals surface area contributed by atoms with Crippen molar-refractivity contribution in [2.24, 2.45) is 0 Å². The molecular formula is C21H15BrFN2O. The van der Waals surface area contributed by atoms with Crippen LogP contribution in [-0.2, 0) is 6.42 Å².